The maximum atomic E-state index is 12.4. The summed E-state index contributed by atoms with van der Waals surface area (Å²) >= 11 is 0. The first kappa shape index (κ1) is 15.1. The molecule has 0 spiro atoms. The number of benzene rings is 1. The monoisotopic (exact) mass is 323 g/mol. The van der Waals surface area contributed by atoms with Crippen LogP contribution in [0.2, 0.25) is 0 Å². The summed E-state index contributed by atoms with van der Waals surface area (Å²) in [6.45, 7) is 2.42. The summed E-state index contributed by atoms with van der Waals surface area (Å²) in [4.78, 5) is 29.1. The fourth-order valence-corrected chi connectivity index (χ4v) is 4.05. The number of hydrogen-bond acceptors (Lipinski definition) is 3. The van der Waals surface area contributed by atoms with Crippen molar-refractivity contribution in [3.8, 4) is 0 Å². The van der Waals surface area contributed by atoms with Gasteiger partial charge in [0.25, 0.3) is 5.56 Å². The number of carbonyl (C=O) groups is 1. The van der Waals surface area contributed by atoms with E-state index >= 15 is 0 Å². The van der Waals surface area contributed by atoms with Crippen LogP contribution in [0.3, 0.4) is 0 Å². The van der Waals surface area contributed by atoms with Crippen LogP contribution in [-0.4, -0.2) is 22.0 Å². The summed E-state index contributed by atoms with van der Waals surface area (Å²) in [5.74, 6) is 1.74. The molecule has 1 heterocycles. The predicted molar refractivity (Wildman–Crippen MR) is 92.6 cm³/mol. The van der Waals surface area contributed by atoms with Gasteiger partial charge in [-0.1, -0.05) is 24.3 Å². The molecule has 5 nitrogen and oxygen atoms in total. The molecule has 4 rings (SSSR count). The highest BCUT2D eigenvalue weighted by Crippen LogP contribution is 2.42. The van der Waals surface area contributed by atoms with Crippen molar-refractivity contribution in [2.24, 2.45) is 17.8 Å². The van der Waals surface area contributed by atoms with E-state index in [1.165, 1.54) is 17.4 Å². The number of aryl methyl sites for hydroxylation is 1. The highest BCUT2D eigenvalue weighted by atomic mass is 16.2. The topological polar surface area (TPSA) is 64.0 Å². The van der Waals surface area contributed by atoms with Crippen LogP contribution in [0.1, 0.15) is 18.5 Å². The van der Waals surface area contributed by atoms with E-state index in [-0.39, 0.29) is 18.0 Å². The summed E-state index contributed by atoms with van der Waals surface area (Å²) < 4.78 is 1.52. The van der Waals surface area contributed by atoms with Crippen molar-refractivity contribution in [3.63, 3.8) is 0 Å². The van der Waals surface area contributed by atoms with Gasteiger partial charge in [-0.25, -0.2) is 4.98 Å². The van der Waals surface area contributed by atoms with Crippen LogP contribution in [0.25, 0.3) is 11.0 Å². The minimum Gasteiger partial charge on any atom is -0.354 e. The van der Waals surface area contributed by atoms with Crippen molar-refractivity contribution >= 4 is 16.9 Å². The Bertz CT molecular complexity index is 884. The van der Waals surface area contributed by atoms with Crippen molar-refractivity contribution in [1.82, 2.24) is 14.9 Å². The van der Waals surface area contributed by atoms with Crippen molar-refractivity contribution in [2.45, 2.75) is 26.3 Å². The maximum absolute atomic E-state index is 12.4. The number of rotatable bonds is 4. The Morgan fingerprint density at radius 2 is 2.12 bits per heavy atom. The zero-order chi connectivity index (χ0) is 16.7. The van der Waals surface area contributed by atoms with Gasteiger partial charge in [0.15, 0.2) is 0 Å². The van der Waals surface area contributed by atoms with Gasteiger partial charge in [0.1, 0.15) is 12.2 Å². The quantitative estimate of drug-likeness (QED) is 0.876. The van der Waals surface area contributed by atoms with E-state index in [2.05, 4.69) is 22.5 Å². The SMILES string of the molecule is Cc1nc2ccccc2n(CC(=O)NC[C@@H]2C[C@@H]3C=C[C@H]2C3)c1=O. The van der Waals surface area contributed by atoms with Crippen LogP contribution >= 0.6 is 0 Å². The largest absolute Gasteiger partial charge is 0.354 e. The number of nitrogens with zero attached hydrogens (tertiary/aromatic N) is 2. The van der Waals surface area contributed by atoms with E-state index in [0.29, 0.717) is 35.5 Å². The molecule has 124 valence electrons. The Labute approximate surface area is 140 Å². The molecule has 0 unspecified atom stereocenters. The molecular weight excluding hydrogens is 302 g/mol. The molecule has 2 aromatic rings. The number of nitrogens with one attached hydrogen (secondary N) is 1. The van der Waals surface area contributed by atoms with Crippen molar-refractivity contribution < 1.29 is 4.79 Å². The van der Waals surface area contributed by atoms with E-state index in [4.69, 9.17) is 0 Å². The first-order valence-corrected chi connectivity index (χ1v) is 8.53. The molecule has 1 aromatic heterocycles. The number of allylic oxidation sites excluding steroid dienone is 2. The van der Waals surface area contributed by atoms with Gasteiger partial charge < -0.3 is 5.32 Å². The third-order valence-corrected chi connectivity index (χ3v) is 5.29. The summed E-state index contributed by atoms with van der Waals surface area (Å²) in [6.07, 6.45) is 6.98. The lowest BCUT2D eigenvalue weighted by Crippen LogP contribution is -2.36. The van der Waals surface area contributed by atoms with Gasteiger partial charge in [0, 0.05) is 6.54 Å². The zero-order valence-corrected chi connectivity index (χ0v) is 13.7. The van der Waals surface area contributed by atoms with Gasteiger partial charge >= 0.3 is 0 Å². The second-order valence-corrected chi connectivity index (χ2v) is 6.92. The first-order chi connectivity index (χ1) is 11.6. The summed E-state index contributed by atoms with van der Waals surface area (Å²) in [5.41, 5.74) is 1.65. The van der Waals surface area contributed by atoms with Crippen molar-refractivity contribution in [3.05, 3.63) is 52.5 Å². The molecule has 2 aliphatic rings. The molecule has 1 amide bonds. The number of carbonyl (C=O) groups excluding carboxylic acids is 1. The Hall–Kier alpha value is -2.43. The van der Waals surface area contributed by atoms with Crippen LogP contribution in [0.5, 0.6) is 0 Å². The smallest absolute Gasteiger partial charge is 0.272 e. The molecule has 2 aliphatic carbocycles. The van der Waals surface area contributed by atoms with Gasteiger partial charge in [-0.05, 0) is 49.7 Å². The maximum Gasteiger partial charge on any atom is 0.272 e. The number of hydrogen-bond donors (Lipinski definition) is 1. The number of amides is 1. The van der Waals surface area contributed by atoms with Gasteiger partial charge in [-0.15, -0.1) is 0 Å². The zero-order valence-electron chi connectivity index (χ0n) is 13.7. The minimum absolute atomic E-state index is 0.0410. The molecule has 1 N–H and O–H groups in total. The summed E-state index contributed by atoms with van der Waals surface area (Å²) in [5, 5.41) is 3.02. The minimum atomic E-state index is -0.202. The van der Waals surface area contributed by atoms with E-state index in [1.807, 2.05) is 24.3 Å². The van der Waals surface area contributed by atoms with E-state index in [0.717, 1.165) is 5.52 Å². The second-order valence-electron chi connectivity index (χ2n) is 6.92. The Morgan fingerprint density at radius 1 is 1.29 bits per heavy atom. The Kier molecular flexibility index (Phi) is 3.71. The van der Waals surface area contributed by atoms with Crippen LogP contribution in [-0.2, 0) is 11.3 Å². The summed E-state index contributed by atoms with van der Waals surface area (Å²) in [7, 11) is 0. The molecule has 1 fully saturated rings. The standard InChI is InChI=1S/C19H21N3O2/c1-12-19(24)22(17-5-3-2-4-16(17)21-12)11-18(23)20-10-15-9-13-6-7-14(15)8-13/h2-7,13-15H,8-11H2,1H3,(H,20,23)/t13-,14+,15+/m1/s1. The Morgan fingerprint density at radius 3 is 2.88 bits per heavy atom. The third kappa shape index (κ3) is 2.64. The lowest BCUT2D eigenvalue weighted by Gasteiger charge is -2.19. The molecule has 3 atom stereocenters. The van der Waals surface area contributed by atoms with Crippen molar-refractivity contribution in [2.75, 3.05) is 6.54 Å². The van der Waals surface area contributed by atoms with E-state index in [1.54, 1.807) is 6.92 Å². The van der Waals surface area contributed by atoms with Crippen LogP contribution in [0.15, 0.2) is 41.2 Å². The molecule has 2 bridgehead atoms. The van der Waals surface area contributed by atoms with Crippen LogP contribution in [0.4, 0.5) is 0 Å². The van der Waals surface area contributed by atoms with Gasteiger partial charge in [-0.2, -0.15) is 0 Å². The highest BCUT2D eigenvalue weighted by molar-refractivity contribution is 5.80. The molecule has 0 radical (unpaired) electrons. The molecule has 0 aliphatic heterocycles. The Balaban J connectivity index is 1.49. The number of fused-ring (bicyclic) bond motifs is 3. The normalized spacial score (nSPS) is 24.6. The fourth-order valence-electron chi connectivity index (χ4n) is 4.05. The molecule has 1 aromatic carbocycles. The molecule has 0 saturated heterocycles. The van der Waals surface area contributed by atoms with Gasteiger partial charge in [-0.3, -0.25) is 14.2 Å². The predicted octanol–water partition coefficient (Wildman–Crippen LogP) is 2.03. The summed E-state index contributed by atoms with van der Waals surface area (Å²) in [6, 6.07) is 7.43. The third-order valence-electron chi connectivity index (χ3n) is 5.29. The average Bonchev–Trinajstić information content (AvgIpc) is 3.20. The average molecular weight is 323 g/mol. The first-order valence-electron chi connectivity index (χ1n) is 8.53. The van der Waals surface area contributed by atoms with Crippen LogP contribution < -0.4 is 10.9 Å². The highest BCUT2D eigenvalue weighted by Gasteiger charge is 2.35. The number of para-hydroxylation sites is 2. The lowest BCUT2D eigenvalue weighted by atomic mass is 9.94. The molecule has 24 heavy (non-hydrogen) atoms. The molecule has 5 heteroatoms. The lowest BCUT2D eigenvalue weighted by molar-refractivity contribution is -0.121. The fraction of sp³-hybridized carbons (Fsp3) is 0.421. The van der Waals surface area contributed by atoms with Crippen molar-refractivity contribution in [1.29, 1.82) is 0 Å². The molecule has 1 saturated carbocycles. The van der Waals surface area contributed by atoms with E-state index in [9.17, 15) is 9.59 Å². The van der Waals surface area contributed by atoms with Gasteiger partial charge in [0.05, 0.1) is 11.0 Å². The molecular formula is C19H21N3O2. The van der Waals surface area contributed by atoms with E-state index < -0.39 is 0 Å². The number of aromatic nitrogens is 2. The van der Waals surface area contributed by atoms with Crippen LogP contribution in [0, 0.1) is 24.7 Å². The second kappa shape index (κ2) is 5.89. The van der Waals surface area contributed by atoms with Gasteiger partial charge in [0.2, 0.25) is 5.91 Å².